The third-order valence-electron chi connectivity index (χ3n) is 3.73. The molecule has 1 saturated heterocycles. The highest BCUT2D eigenvalue weighted by Crippen LogP contribution is 2.40. The Morgan fingerprint density at radius 1 is 1.40 bits per heavy atom. The maximum atomic E-state index is 4.56. The maximum absolute atomic E-state index is 4.56. The van der Waals surface area contributed by atoms with Crippen LogP contribution in [-0.4, -0.2) is 23.0 Å². The van der Waals surface area contributed by atoms with Gasteiger partial charge in [0.05, 0.1) is 11.2 Å². The fourth-order valence-corrected chi connectivity index (χ4v) is 2.90. The normalized spacial score (nSPS) is 27.1. The second-order valence-corrected chi connectivity index (χ2v) is 4.28. The van der Waals surface area contributed by atoms with E-state index in [2.05, 4.69) is 35.9 Å². The standard InChI is InChI=1S/C13H20N2/c1-3-13(9-7-11-15(13)4-2)12-8-5-6-10-14-12/h5-6,8,10H,3-4,7,9,11H2,1-2H3. The molecule has 0 aliphatic carbocycles. The van der Waals surface area contributed by atoms with Crippen molar-refractivity contribution in [2.24, 2.45) is 0 Å². The molecule has 1 fully saturated rings. The Balaban J connectivity index is 2.36. The van der Waals surface area contributed by atoms with Crippen LogP contribution in [0.3, 0.4) is 0 Å². The van der Waals surface area contributed by atoms with Gasteiger partial charge in [0.2, 0.25) is 0 Å². The molecule has 1 unspecified atom stereocenters. The molecule has 0 spiro atoms. The predicted molar refractivity (Wildman–Crippen MR) is 62.7 cm³/mol. The van der Waals surface area contributed by atoms with E-state index >= 15 is 0 Å². The highest BCUT2D eigenvalue weighted by Gasteiger charge is 2.40. The Hall–Kier alpha value is -0.890. The molecule has 0 amide bonds. The molecule has 0 aromatic carbocycles. The van der Waals surface area contributed by atoms with Gasteiger partial charge in [-0.15, -0.1) is 0 Å². The van der Waals surface area contributed by atoms with Crippen LogP contribution >= 0.6 is 0 Å². The molecule has 1 aliphatic heterocycles. The summed E-state index contributed by atoms with van der Waals surface area (Å²) in [6, 6.07) is 6.28. The molecule has 0 N–H and O–H groups in total. The smallest absolute Gasteiger partial charge is 0.0631 e. The zero-order chi connectivity index (χ0) is 10.7. The van der Waals surface area contributed by atoms with Crippen LogP contribution in [0.1, 0.15) is 38.8 Å². The van der Waals surface area contributed by atoms with Gasteiger partial charge < -0.3 is 0 Å². The van der Waals surface area contributed by atoms with Crippen LogP contribution in [0.5, 0.6) is 0 Å². The Morgan fingerprint density at radius 3 is 2.87 bits per heavy atom. The highest BCUT2D eigenvalue weighted by molar-refractivity contribution is 5.18. The molecular weight excluding hydrogens is 184 g/mol. The summed E-state index contributed by atoms with van der Waals surface area (Å²) in [5.41, 5.74) is 1.47. The van der Waals surface area contributed by atoms with Crippen molar-refractivity contribution < 1.29 is 0 Å². The number of likely N-dealkylation sites (tertiary alicyclic amines) is 1. The lowest BCUT2D eigenvalue weighted by molar-refractivity contribution is 0.134. The molecule has 1 aromatic rings. The summed E-state index contributed by atoms with van der Waals surface area (Å²) in [5, 5.41) is 0. The fraction of sp³-hybridized carbons (Fsp3) is 0.615. The number of nitrogens with zero attached hydrogens (tertiary/aromatic N) is 2. The van der Waals surface area contributed by atoms with Crippen molar-refractivity contribution >= 4 is 0 Å². The lowest BCUT2D eigenvalue weighted by Gasteiger charge is -2.36. The van der Waals surface area contributed by atoms with Gasteiger partial charge in [-0.05, 0) is 44.5 Å². The van der Waals surface area contributed by atoms with Crippen LogP contribution in [0.15, 0.2) is 24.4 Å². The van der Waals surface area contributed by atoms with Crippen molar-refractivity contribution in [3.05, 3.63) is 30.1 Å². The number of rotatable bonds is 3. The second-order valence-electron chi connectivity index (χ2n) is 4.28. The summed E-state index contributed by atoms with van der Waals surface area (Å²) in [6.45, 7) is 6.88. The monoisotopic (exact) mass is 204 g/mol. The van der Waals surface area contributed by atoms with Crippen molar-refractivity contribution in [2.75, 3.05) is 13.1 Å². The molecule has 0 radical (unpaired) electrons. The molecule has 2 rings (SSSR count). The van der Waals surface area contributed by atoms with E-state index in [9.17, 15) is 0 Å². The number of aromatic nitrogens is 1. The minimum Gasteiger partial charge on any atom is -0.292 e. The van der Waals surface area contributed by atoms with Gasteiger partial charge in [0, 0.05) is 6.20 Å². The SMILES string of the molecule is CCN1CCCC1(CC)c1ccccn1. The van der Waals surface area contributed by atoms with E-state index in [1.165, 1.54) is 25.1 Å². The van der Waals surface area contributed by atoms with Gasteiger partial charge >= 0.3 is 0 Å². The third-order valence-corrected chi connectivity index (χ3v) is 3.73. The van der Waals surface area contributed by atoms with Crippen LogP contribution in [0.4, 0.5) is 0 Å². The predicted octanol–water partition coefficient (Wildman–Crippen LogP) is 2.80. The molecule has 15 heavy (non-hydrogen) atoms. The molecule has 2 heteroatoms. The van der Waals surface area contributed by atoms with Gasteiger partial charge in [-0.1, -0.05) is 19.9 Å². The van der Waals surface area contributed by atoms with Gasteiger partial charge in [-0.25, -0.2) is 0 Å². The van der Waals surface area contributed by atoms with E-state index in [1.54, 1.807) is 0 Å². The lowest BCUT2D eigenvalue weighted by atomic mass is 9.88. The summed E-state index contributed by atoms with van der Waals surface area (Å²) in [7, 11) is 0. The molecule has 1 atom stereocenters. The minimum absolute atomic E-state index is 0.218. The summed E-state index contributed by atoms with van der Waals surface area (Å²) in [4.78, 5) is 7.14. The Kier molecular flexibility index (Phi) is 3.06. The van der Waals surface area contributed by atoms with E-state index in [1.807, 2.05) is 12.3 Å². The fourth-order valence-electron chi connectivity index (χ4n) is 2.90. The first-order valence-electron chi connectivity index (χ1n) is 6.00. The van der Waals surface area contributed by atoms with E-state index < -0.39 is 0 Å². The zero-order valence-corrected chi connectivity index (χ0v) is 9.74. The number of hydrogen-bond acceptors (Lipinski definition) is 2. The Bertz CT molecular complexity index is 310. The van der Waals surface area contributed by atoms with Gasteiger partial charge in [-0.3, -0.25) is 9.88 Å². The average molecular weight is 204 g/mol. The largest absolute Gasteiger partial charge is 0.292 e. The maximum Gasteiger partial charge on any atom is 0.0631 e. The summed E-state index contributed by atoms with van der Waals surface area (Å²) in [5.74, 6) is 0. The van der Waals surface area contributed by atoms with E-state index in [0.717, 1.165) is 13.0 Å². The molecule has 2 heterocycles. The van der Waals surface area contributed by atoms with Crippen molar-refractivity contribution in [1.82, 2.24) is 9.88 Å². The topological polar surface area (TPSA) is 16.1 Å². The Morgan fingerprint density at radius 2 is 2.27 bits per heavy atom. The van der Waals surface area contributed by atoms with Gasteiger partial charge in [0.1, 0.15) is 0 Å². The molecule has 1 aromatic heterocycles. The molecule has 82 valence electrons. The summed E-state index contributed by atoms with van der Waals surface area (Å²) < 4.78 is 0. The van der Waals surface area contributed by atoms with Crippen molar-refractivity contribution in [2.45, 2.75) is 38.6 Å². The van der Waals surface area contributed by atoms with E-state index in [4.69, 9.17) is 0 Å². The average Bonchev–Trinajstić information content (AvgIpc) is 2.74. The third kappa shape index (κ3) is 1.67. The number of pyridine rings is 1. The minimum atomic E-state index is 0.218. The summed E-state index contributed by atoms with van der Waals surface area (Å²) >= 11 is 0. The molecule has 0 bridgehead atoms. The van der Waals surface area contributed by atoms with Crippen LogP contribution in [0.2, 0.25) is 0 Å². The van der Waals surface area contributed by atoms with Crippen LogP contribution in [0, 0.1) is 0 Å². The lowest BCUT2D eigenvalue weighted by Crippen LogP contribution is -2.41. The first kappa shape index (κ1) is 10.6. The van der Waals surface area contributed by atoms with Gasteiger partial charge in [-0.2, -0.15) is 0 Å². The van der Waals surface area contributed by atoms with E-state index in [-0.39, 0.29) is 5.54 Å². The first-order valence-corrected chi connectivity index (χ1v) is 6.00. The Labute approximate surface area is 92.3 Å². The van der Waals surface area contributed by atoms with Gasteiger partial charge in [0.15, 0.2) is 0 Å². The summed E-state index contributed by atoms with van der Waals surface area (Å²) in [6.07, 6.45) is 5.64. The van der Waals surface area contributed by atoms with Gasteiger partial charge in [0.25, 0.3) is 0 Å². The van der Waals surface area contributed by atoms with Crippen molar-refractivity contribution in [3.63, 3.8) is 0 Å². The second kappa shape index (κ2) is 4.31. The zero-order valence-electron chi connectivity index (χ0n) is 9.74. The molecule has 1 aliphatic rings. The quantitative estimate of drug-likeness (QED) is 0.752. The van der Waals surface area contributed by atoms with Crippen LogP contribution in [0.25, 0.3) is 0 Å². The molecule has 2 nitrogen and oxygen atoms in total. The van der Waals surface area contributed by atoms with Crippen molar-refractivity contribution in [3.8, 4) is 0 Å². The molecular formula is C13H20N2. The van der Waals surface area contributed by atoms with Crippen molar-refractivity contribution in [1.29, 1.82) is 0 Å². The number of hydrogen-bond donors (Lipinski definition) is 0. The molecule has 0 saturated carbocycles. The van der Waals surface area contributed by atoms with E-state index in [0.29, 0.717) is 0 Å². The highest BCUT2D eigenvalue weighted by atomic mass is 15.2. The van der Waals surface area contributed by atoms with Crippen LogP contribution in [-0.2, 0) is 5.54 Å². The first-order chi connectivity index (χ1) is 7.33. The van der Waals surface area contributed by atoms with Crippen LogP contribution < -0.4 is 0 Å².